The number of hydrogen-bond donors (Lipinski definition) is 2. The van der Waals surface area contributed by atoms with Gasteiger partial charge in [-0.2, -0.15) is 0 Å². The Morgan fingerprint density at radius 1 is 1.13 bits per heavy atom. The second-order valence-corrected chi connectivity index (χ2v) is 0.642. The molecule has 0 unspecified atom stereocenters. The van der Waals surface area contributed by atoms with Gasteiger partial charge in [-0.1, -0.05) is 79.6 Å². The van der Waals surface area contributed by atoms with E-state index in [0.717, 1.165) is 0 Å². The van der Waals surface area contributed by atoms with Gasteiger partial charge >= 0.3 is 51.4 Å². The van der Waals surface area contributed by atoms with Crippen molar-refractivity contribution >= 4 is 78.2 Å². The summed E-state index contributed by atoms with van der Waals surface area (Å²) in [5.41, 5.74) is 8.96. The molecule has 0 rings (SSSR count). The molecular weight excluding hydrogens is 816 g/mol. The van der Waals surface area contributed by atoms with Crippen molar-refractivity contribution in [3.05, 3.63) is 0 Å². The molecule has 0 aromatic heterocycles. The number of thiocarbonyl (C=S) groups is 3. The van der Waals surface area contributed by atoms with Crippen molar-refractivity contribution in [2.75, 3.05) is 0 Å². The van der Waals surface area contributed by atoms with Gasteiger partial charge in [-0.05, 0) is 23.7 Å². The summed E-state index contributed by atoms with van der Waals surface area (Å²) in [4.78, 5) is 0. The number of terminal acetylenes is 2. The Kier molecular flexibility index (Phi) is 886. The minimum atomic E-state index is -0.500. The van der Waals surface area contributed by atoms with Crippen LogP contribution < -0.4 is 62.9 Å². The van der Waals surface area contributed by atoms with Crippen molar-refractivity contribution in [1.82, 2.24) is 0 Å². The third-order valence-electron chi connectivity index (χ3n) is 0. The van der Waals surface area contributed by atoms with Gasteiger partial charge in [-0.25, -0.2) is 0 Å². The molecule has 0 heterocycles. The quantitative estimate of drug-likeness (QED) is 0.155. The zero-order valence-corrected chi connectivity index (χ0v) is 23.5. The van der Waals surface area contributed by atoms with Crippen LogP contribution in [0, 0.1) is 87.1 Å². The van der Waals surface area contributed by atoms with Crippen molar-refractivity contribution in [2.24, 2.45) is 11.5 Å². The van der Waals surface area contributed by atoms with E-state index in [4.69, 9.17) is 9.60 Å². The fraction of sp³-hybridized carbons (Fsp3) is 0.417. The molecule has 0 aliphatic carbocycles. The zero-order valence-electron chi connectivity index (χ0n) is 17.6. The van der Waals surface area contributed by atoms with Gasteiger partial charge in [0, 0.05) is 79.1 Å². The minimum Gasteiger partial charge on any atom is -1.00 e. The van der Waals surface area contributed by atoms with Gasteiger partial charge in [-0.15, -0.1) is 12.2 Å². The van der Waals surface area contributed by atoms with Crippen LogP contribution in [0.5, 0.6) is 0 Å². The molecule has 0 bridgehead atoms. The second kappa shape index (κ2) is 406. The minimum absolute atomic E-state index is 0. The number of hydrogen-bond acceptors (Lipinski definition) is 5. The van der Waals surface area contributed by atoms with Crippen molar-refractivity contribution in [3.63, 3.8) is 0 Å². The Hall–Kier alpha value is 2.93. The SMILES string of the molecule is C.C.C.C.C.[2H]C#CN.[2H]C#CN.[2H]C([3H])=S.[2H]C([3H])=S.[3H-].[3H]C([B])=S.[B].[B].[K+].[U].[U]. The monoisotopic (exact) mass is 860 g/mol. The summed E-state index contributed by atoms with van der Waals surface area (Å²) >= 11 is 11.7. The molecule has 0 aromatic carbocycles. The maximum atomic E-state index is 6.09. The van der Waals surface area contributed by atoms with Crippen LogP contribution in [0.2, 0.25) is 0 Å². The molecule has 4 N–H and O–H groups in total. The van der Waals surface area contributed by atoms with Gasteiger partial charge in [-0.3, -0.25) is 0 Å². The maximum Gasteiger partial charge on any atom is 1.00 e. The van der Waals surface area contributed by atoms with Crippen LogP contribution in [-0.2, 0) is 0 Å². The summed E-state index contributed by atoms with van der Waals surface area (Å²) in [6.07, 6.45) is 3.42. The Balaban J connectivity index is -0.00000000595. The first-order chi connectivity index (χ1) is 9.02. The topological polar surface area (TPSA) is 52.0 Å². The summed E-state index contributed by atoms with van der Waals surface area (Å²) in [6.45, 7) is 0. The van der Waals surface area contributed by atoms with Crippen LogP contribution in [0.1, 0.15) is 48.2 Å². The summed E-state index contributed by atoms with van der Waals surface area (Å²) in [5.74, 6) is -1.000. The van der Waals surface area contributed by atoms with E-state index >= 15 is 0 Å². The zero-order chi connectivity index (χ0) is 17.6. The molecule has 23 heavy (non-hydrogen) atoms. The first-order valence-corrected chi connectivity index (χ1v) is 3.20. The molecule has 11 heteroatoms. The molecule has 8 radical (unpaired) electrons. The average molecular weight is 860 g/mol. The average Bonchev–Trinajstić information content (AvgIpc) is 2.26. The van der Waals surface area contributed by atoms with Gasteiger partial charge in [0.25, 0.3) is 0 Å². The molecule has 2 nitrogen and oxygen atoms in total. The summed E-state index contributed by atoms with van der Waals surface area (Å²) in [7, 11) is 4.51. The summed E-state index contributed by atoms with van der Waals surface area (Å²) < 4.78 is 41.9. The van der Waals surface area contributed by atoms with Crippen LogP contribution in [-0.4, -0.2) is 41.6 Å². The van der Waals surface area contributed by atoms with Crippen molar-refractivity contribution in [2.45, 2.75) is 37.1 Å². The van der Waals surface area contributed by atoms with Crippen molar-refractivity contribution < 1.29 is 125 Å². The first-order valence-electron chi connectivity index (χ1n) is 5.48. The number of rotatable bonds is 0. The summed E-state index contributed by atoms with van der Waals surface area (Å²) in [5, 5.41) is -0.250. The van der Waals surface area contributed by atoms with Gasteiger partial charge in [0.2, 0.25) is 0 Å². The van der Waals surface area contributed by atoms with E-state index in [0.29, 0.717) is 0 Å². The largest absolute Gasteiger partial charge is 1.00 e. The van der Waals surface area contributed by atoms with Gasteiger partial charge in [0.05, 0.1) is 6.85 Å². The Morgan fingerprint density at radius 2 is 1.17 bits per heavy atom. The van der Waals surface area contributed by atoms with Crippen LogP contribution in [0.25, 0.3) is 0 Å². The molecule has 0 aliphatic rings. The molecule has 126 valence electrons. The van der Waals surface area contributed by atoms with Gasteiger partial charge in [0.1, 0.15) is 10.6 Å². The molecule has 0 fully saturated rings. The third-order valence-corrected chi connectivity index (χ3v) is 0. The smallest absolute Gasteiger partial charge is 1.00 e. The van der Waals surface area contributed by atoms with E-state index in [1.54, 1.807) is 12.8 Å². The van der Waals surface area contributed by atoms with Gasteiger partial charge < -0.3 is 12.9 Å². The maximum absolute atomic E-state index is 6.09. The Labute approximate surface area is 271 Å². The van der Waals surface area contributed by atoms with Gasteiger partial charge in [0.15, 0.2) is 0 Å². The Morgan fingerprint density at radius 3 is 1.17 bits per heavy atom. The Bertz CT molecular complexity index is 334. The molecule has 0 amide bonds. The molecule has 0 aliphatic heterocycles. The predicted molar refractivity (Wildman–Crippen MR) is 121 cm³/mol. The normalized spacial score (nSPS) is 4.78. The van der Waals surface area contributed by atoms with E-state index < -0.39 is 11.6 Å². The first kappa shape index (κ1) is 50.1. The summed E-state index contributed by atoms with van der Waals surface area (Å²) in [6, 6.07) is 3.69. The van der Waals surface area contributed by atoms with E-state index in [1.165, 1.54) is 0 Å². The standard InChI is InChI=1S/2C2H3N.CHBS.2CH2S.5CH4.2B.K.2U.H/c2*1-2-3;2-1-3;2*1-2;;;;;;;;;;;/h2*1H,3H2;1H;2*1H2;5*1H4;;;;;;/q;;;;;;;;;;;;+1;;;-1/i2*1D;1T;2*1TD;;;;;;;;;;;1+2. The van der Waals surface area contributed by atoms with E-state index in [1.807, 2.05) is 12.1 Å². The molecule has 0 saturated heterocycles. The molecule has 0 saturated carbocycles. The van der Waals surface area contributed by atoms with Crippen LogP contribution in [0.4, 0.5) is 0 Å². The number of nitrogens with two attached hydrogens (primary N) is 2. The van der Waals surface area contributed by atoms with E-state index in [-0.39, 0.29) is 174 Å². The van der Waals surface area contributed by atoms with Crippen molar-refractivity contribution in [3.8, 4) is 24.9 Å². The molecule has 0 spiro atoms. The molecule has 0 atom stereocenters. The molecular formula is C12H32B3KN2S3U2. The fourth-order valence-corrected chi connectivity index (χ4v) is 0. The predicted octanol–water partition coefficient (Wildman–Crippen LogP) is -0.0491. The van der Waals surface area contributed by atoms with Crippen LogP contribution in [0.15, 0.2) is 0 Å². The fourth-order valence-electron chi connectivity index (χ4n) is 0. The second-order valence-electron chi connectivity index (χ2n) is 0.407. The third kappa shape index (κ3) is 1530. The molecule has 0 aromatic rings. The van der Waals surface area contributed by atoms with Crippen molar-refractivity contribution in [1.29, 1.82) is 0 Å². The van der Waals surface area contributed by atoms with Crippen LogP contribution in [0.3, 0.4) is 0 Å². The van der Waals surface area contributed by atoms with E-state index in [9.17, 15) is 0 Å². The van der Waals surface area contributed by atoms with E-state index in [2.05, 4.69) is 56.0 Å². The van der Waals surface area contributed by atoms with Crippen LogP contribution >= 0.6 is 36.7 Å².